The van der Waals surface area contributed by atoms with E-state index in [-0.39, 0.29) is 0 Å². The highest BCUT2D eigenvalue weighted by molar-refractivity contribution is 5.95. The summed E-state index contributed by atoms with van der Waals surface area (Å²) in [6, 6.07) is 24.6. The van der Waals surface area contributed by atoms with Crippen molar-refractivity contribution in [2.75, 3.05) is 0 Å². The molecule has 1 atom stereocenters. The van der Waals surface area contributed by atoms with Gasteiger partial charge in [0.05, 0.1) is 12.3 Å². The third-order valence-electron chi connectivity index (χ3n) is 6.23. The summed E-state index contributed by atoms with van der Waals surface area (Å²) in [6.45, 7) is 8.70. The second-order valence-electron chi connectivity index (χ2n) is 8.13. The lowest BCUT2D eigenvalue weighted by Gasteiger charge is -2.14. The molecule has 0 spiro atoms. The summed E-state index contributed by atoms with van der Waals surface area (Å²) in [5, 5.41) is 2.19. The normalized spacial score (nSPS) is 12.8. The van der Waals surface area contributed by atoms with Gasteiger partial charge in [0.2, 0.25) is 5.69 Å². The highest BCUT2D eigenvalue weighted by atomic mass is 14.9. The Labute approximate surface area is 176 Å². The van der Waals surface area contributed by atoms with Crippen molar-refractivity contribution in [3.8, 4) is 22.4 Å². The van der Waals surface area contributed by atoms with E-state index in [0.29, 0.717) is 12.0 Å². The van der Waals surface area contributed by atoms with Gasteiger partial charge >= 0.3 is 0 Å². The minimum absolute atomic E-state index is 0.495. The summed E-state index contributed by atoms with van der Waals surface area (Å²) in [7, 11) is 2.08. The molecule has 0 aliphatic heterocycles. The molecule has 0 aliphatic rings. The van der Waals surface area contributed by atoms with Gasteiger partial charge in [-0.25, -0.2) is 0 Å². The van der Waals surface area contributed by atoms with Crippen LogP contribution in [0.5, 0.6) is 0 Å². The molecule has 0 saturated heterocycles. The van der Waals surface area contributed by atoms with Crippen LogP contribution in [0, 0.1) is 13.8 Å². The molecular weight excluding hydrogens is 350 g/mol. The Kier molecular flexibility index (Phi) is 4.89. The number of nitrogens with zero attached hydrogens (tertiary/aromatic N) is 1. The van der Waals surface area contributed by atoms with Crippen molar-refractivity contribution in [1.82, 2.24) is 0 Å². The van der Waals surface area contributed by atoms with Gasteiger partial charge in [-0.1, -0.05) is 68.4 Å². The zero-order valence-corrected chi connectivity index (χ0v) is 18.1. The van der Waals surface area contributed by atoms with Crippen molar-refractivity contribution in [2.24, 2.45) is 7.05 Å². The molecule has 0 radical (unpaired) electrons. The predicted octanol–water partition coefficient (Wildman–Crippen LogP) is 7.13. The number of fused-ring (bicyclic) bond motifs is 1. The number of aromatic nitrogens is 1. The maximum absolute atomic E-state index is 8.79. The second kappa shape index (κ2) is 7.83. The van der Waals surface area contributed by atoms with Crippen LogP contribution >= 0.6 is 0 Å². The molecule has 0 bridgehead atoms. The molecule has 4 aromatic rings. The zero-order chi connectivity index (χ0) is 21.4. The van der Waals surface area contributed by atoms with E-state index in [1.165, 1.54) is 33.5 Å². The molecule has 146 valence electrons. The molecular formula is C28H30N+. The van der Waals surface area contributed by atoms with Gasteiger partial charge in [0.1, 0.15) is 7.05 Å². The lowest BCUT2D eigenvalue weighted by Crippen LogP contribution is -2.35. The average Bonchev–Trinajstić information content (AvgIpc) is 2.78. The zero-order valence-electron chi connectivity index (χ0n) is 19.1. The molecule has 3 aromatic carbocycles. The molecule has 0 aliphatic carbocycles. The smallest absolute Gasteiger partial charge is 0.198 e. The Balaban J connectivity index is 2.01. The first-order chi connectivity index (χ1) is 14.4. The van der Waals surface area contributed by atoms with E-state index in [9.17, 15) is 0 Å². The molecule has 1 heteroatoms. The van der Waals surface area contributed by atoms with Crippen LogP contribution in [0.15, 0.2) is 72.8 Å². The minimum Gasteiger partial charge on any atom is -0.198 e. The number of aryl methyl sites for hydroxylation is 1. The quantitative estimate of drug-likeness (QED) is 0.331. The SMILES string of the molecule is [2H]c1c(C)[n+](C)c(-c2cc(-c3ccccc3)ccc2C)c2ccc(C(C)CC)cc12. The third kappa shape index (κ3) is 3.58. The number of pyridine rings is 1. The fourth-order valence-electron chi connectivity index (χ4n) is 4.05. The number of benzene rings is 3. The summed E-state index contributed by atoms with van der Waals surface area (Å²) in [6.07, 6.45) is 1.10. The lowest BCUT2D eigenvalue weighted by atomic mass is 9.92. The Hall–Kier alpha value is -2.93. The van der Waals surface area contributed by atoms with Crippen molar-refractivity contribution < 1.29 is 5.94 Å². The summed E-state index contributed by atoms with van der Waals surface area (Å²) < 4.78 is 11.0. The molecule has 1 aromatic heterocycles. The second-order valence-corrected chi connectivity index (χ2v) is 8.13. The van der Waals surface area contributed by atoms with Crippen LogP contribution in [-0.2, 0) is 7.05 Å². The number of hydrogen-bond acceptors (Lipinski definition) is 0. The maximum Gasteiger partial charge on any atom is 0.220 e. The van der Waals surface area contributed by atoms with Gasteiger partial charge in [0, 0.05) is 13.0 Å². The van der Waals surface area contributed by atoms with Crippen LogP contribution in [0.1, 0.15) is 44.4 Å². The Bertz CT molecular complexity index is 1220. The first kappa shape index (κ1) is 18.1. The van der Waals surface area contributed by atoms with Crippen LogP contribution < -0.4 is 4.57 Å². The van der Waals surface area contributed by atoms with Gasteiger partial charge in [-0.15, -0.1) is 0 Å². The van der Waals surface area contributed by atoms with Crippen LogP contribution in [0.3, 0.4) is 0 Å². The summed E-state index contributed by atoms with van der Waals surface area (Å²) in [4.78, 5) is 0. The standard InChI is InChI=1S/C28H30N/c1-6-19(2)23-14-15-26-25(17-23)16-21(4)29(5)28(26)27-18-24(13-12-20(27)3)22-10-8-7-9-11-22/h7-19H,6H2,1-5H3/q+1/i16D. The molecule has 1 nitrogen and oxygen atoms in total. The molecule has 0 saturated carbocycles. The van der Waals surface area contributed by atoms with E-state index in [4.69, 9.17) is 1.37 Å². The van der Waals surface area contributed by atoms with Crippen molar-refractivity contribution >= 4 is 10.8 Å². The number of rotatable bonds is 4. The van der Waals surface area contributed by atoms with Crippen molar-refractivity contribution in [2.45, 2.75) is 40.0 Å². The maximum atomic E-state index is 8.79. The minimum atomic E-state index is 0.495. The molecule has 0 fully saturated rings. The van der Waals surface area contributed by atoms with E-state index >= 15 is 0 Å². The van der Waals surface area contributed by atoms with Crippen LogP contribution in [0.4, 0.5) is 0 Å². The van der Waals surface area contributed by atoms with Crippen LogP contribution in [-0.4, -0.2) is 0 Å². The fourth-order valence-corrected chi connectivity index (χ4v) is 4.05. The summed E-state index contributed by atoms with van der Waals surface area (Å²) >= 11 is 0. The van der Waals surface area contributed by atoms with Gasteiger partial charge in [-0.05, 0) is 59.0 Å². The number of hydrogen-bond donors (Lipinski definition) is 0. The predicted molar refractivity (Wildman–Crippen MR) is 124 cm³/mol. The first-order valence-electron chi connectivity index (χ1n) is 11.0. The van der Waals surface area contributed by atoms with Gasteiger partial charge in [0.15, 0.2) is 5.69 Å². The largest absolute Gasteiger partial charge is 0.220 e. The van der Waals surface area contributed by atoms with Gasteiger partial charge in [-0.3, -0.25) is 0 Å². The molecule has 1 heterocycles. The Morgan fingerprint density at radius 1 is 0.931 bits per heavy atom. The summed E-state index contributed by atoms with van der Waals surface area (Å²) in [5.74, 6) is 0.495. The van der Waals surface area contributed by atoms with E-state index in [2.05, 4.69) is 106 Å². The Morgan fingerprint density at radius 2 is 1.69 bits per heavy atom. The van der Waals surface area contributed by atoms with Crippen LogP contribution in [0.2, 0.25) is 0 Å². The highest BCUT2D eigenvalue weighted by Gasteiger charge is 2.21. The van der Waals surface area contributed by atoms with E-state index in [1.54, 1.807) is 0 Å². The molecule has 0 N–H and O–H groups in total. The van der Waals surface area contributed by atoms with E-state index in [1.807, 2.05) is 0 Å². The fraction of sp³-hybridized carbons (Fsp3) is 0.250. The van der Waals surface area contributed by atoms with Gasteiger partial charge in [-0.2, -0.15) is 4.57 Å². The average molecular weight is 382 g/mol. The Morgan fingerprint density at radius 3 is 2.41 bits per heavy atom. The van der Waals surface area contributed by atoms with E-state index in [0.717, 1.165) is 22.9 Å². The third-order valence-corrected chi connectivity index (χ3v) is 6.23. The molecule has 1 unspecified atom stereocenters. The van der Waals surface area contributed by atoms with Crippen LogP contribution in [0.25, 0.3) is 33.2 Å². The molecule has 29 heavy (non-hydrogen) atoms. The van der Waals surface area contributed by atoms with E-state index < -0.39 is 0 Å². The lowest BCUT2D eigenvalue weighted by molar-refractivity contribution is -0.665. The van der Waals surface area contributed by atoms with Crippen molar-refractivity contribution in [1.29, 1.82) is 0 Å². The summed E-state index contributed by atoms with van der Waals surface area (Å²) in [5.41, 5.74) is 8.39. The van der Waals surface area contributed by atoms with Crippen molar-refractivity contribution in [3.05, 3.63) is 89.6 Å². The van der Waals surface area contributed by atoms with Crippen molar-refractivity contribution in [3.63, 3.8) is 0 Å². The first-order valence-corrected chi connectivity index (χ1v) is 10.5. The topological polar surface area (TPSA) is 3.88 Å². The molecule has 4 rings (SSSR count). The van der Waals surface area contributed by atoms with Gasteiger partial charge in [0.25, 0.3) is 0 Å². The van der Waals surface area contributed by atoms with Gasteiger partial charge < -0.3 is 0 Å². The monoisotopic (exact) mass is 381 g/mol. The molecule has 0 amide bonds. The highest BCUT2D eigenvalue weighted by Crippen LogP contribution is 2.33.